The van der Waals surface area contributed by atoms with Crippen molar-refractivity contribution in [1.82, 2.24) is 24.6 Å². The van der Waals surface area contributed by atoms with Crippen LogP contribution in [0.25, 0.3) is 0 Å². The summed E-state index contributed by atoms with van der Waals surface area (Å²) in [6, 6.07) is 0. The van der Waals surface area contributed by atoms with Crippen LogP contribution in [0.3, 0.4) is 0 Å². The molecule has 0 fully saturated rings. The molecule has 0 saturated heterocycles. The van der Waals surface area contributed by atoms with Crippen molar-refractivity contribution in [2.24, 2.45) is 7.05 Å². The number of nitrogens with one attached hydrogen (secondary N) is 1. The smallest absolute Gasteiger partial charge is 0.123 e. The third kappa shape index (κ3) is 3.25. The Labute approximate surface area is 122 Å². The lowest BCUT2D eigenvalue weighted by Crippen LogP contribution is -2.18. The predicted octanol–water partition coefficient (Wildman–Crippen LogP) is 2.24. The summed E-state index contributed by atoms with van der Waals surface area (Å²) in [5, 5.41) is 7.80. The molecular weight excluding hydrogens is 306 g/mol. The Balaban J connectivity index is 2.13. The van der Waals surface area contributed by atoms with Crippen LogP contribution in [0.1, 0.15) is 30.6 Å². The second-order valence-corrected chi connectivity index (χ2v) is 5.41. The van der Waals surface area contributed by atoms with Gasteiger partial charge in [0.2, 0.25) is 0 Å². The van der Waals surface area contributed by atoms with Gasteiger partial charge in [0.1, 0.15) is 5.82 Å². The maximum Gasteiger partial charge on any atom is 0.123 e. The predicted molar refractivity (Wildman–Crippen MR) is 79.0 cm³/mol. The van der Waals surface area contributed by atoms with E-state index in [1.54, 1.807) is 0 Å². The molecule has 2 aromatic heterocycles. The average molecular weight is 326 g/mol. The summed E-state index contributed by atoms with van der Waals surface area (Å²) in [5.41, 5.74) is 2.18. The Morgan fingerprint density at radius 2 is 2.21 bits per heavy atom. The molecule has 2 rings (SSSR count). The quantitative estimate of drug-likeness (QED) is 0.828. The van der Waals surface area contributed by atoms with Crippen LogP contribution < -0.4 is 5.32 Å². The SMILES string of the molecule is CCCNCc1nccn1Cc1c(Br)c(C)nn1C. The normalized spacial score (nSPS) is 11.2. The average Bonchev–Trinajstić information content (AvgIpc) is 2.91. The molecule has 0 radical (unpaired) electrons. The first-order valence-corrected chi connectivity index (χ1v) is 7.31. The van der Waals surface area contributed by atoms with Crippen LogP contribution >= 0.6 is 15.9 Å². The van der Waals surface area contributed by atoms with Crippen molar-refractivity contribution < 1.29 is 0 Å². The zero-order chi connectivity index (χ0) is 13.8. The number of aryl methyl sites for hydroxylation is 2. The van der Waals surface area contributed by atoms with Crippen LogP contribution in [0.15, 0.2) is 16.9 Å². The van der Waals surface area contributed by atoms with Gasteiger partial charge in [-0.1, -0.05) is 6.92 Å². The van der Waals surface area contributed by atoms with Crippen LogP contribution in [0.2, 0.25) is 0 Å². The summed E-state index contributed by atoms with van der Waals surface area (Å²) >= 11 is 3.60. The fourth-order valence-corrected chi connectivity index (χ4v) is 2.50. The van der Waals surface area contributed by atoms with Crippen molar-refractivity contribution >= 4 is 15.9 Å². The van der Waals surface area contributed by atoms with Crippen LogP contribution in [0.4, 0.5) is 0 Å². The van der Waals surface area contributed by atoms with E-state index < -0.39 is 0 Å². The van der Waals surface area contributed by atoms with Crippen molar-refractivity contribution in [2.75, 3.05) is 6.54 Å². The molecule has 0 unspecified atom stereocenters. The first kappa shape index (κ1) is 14.3. The first-order valence-electron chi connectivity index (χ1n) is 6.52. The van der Waals surface area contributed by atoms with E-state index in [4.69, 9.17) is 0 Å². The molecule has 2 aromatic rings. The van der Waals surface area contributed by atoms with E-state index in [9.17, 15) is 0 Å². The number of halogens is 1. The Morgan fingerprint density at radius 1 is 1.42 bits per heavy atom. The lowest BCUT2D eigenvalue weighted by molar-refractivity contribution is 0.596. The topological polar surface area (TPSA) is 47.7 Å². The molecule has 0 spiro atoms. The summed E-state index contributed by atoms with van der Waals surface area (Å²) in [5.74, 6) is 1.05. The van der Waals surface area contributed by atoms with E-state index >= 15 is 0 Å². The Bertz CT molecular complexity index is 543. The molecule has 6 heteroatoms. The van der Waals surface area contributed by atoms with E-state index in [0.29, 0.717) is 0 Å². The zero-order valence-corrected chi connectivity index (χ0v) is 13.2. The van der Waals surface area contributed by atoms with Crippen LogP contribution in [-0.2, 0) is 20.1 Å². The maximum atomic E-state index is 4.42. The number of hydrogen-bond donors (Lipinski definition) is 1. The van der Waals surface area contributed by atoms with Gasteiger partial charge in [-0.3, -0.25) is 4.68 Å². The number of nitrogens with zero attached hydrogens (tertiary/aromatic N) is 4. The lowest BCUT2D eigenvalue weighted by atomic mass is 10.3. The molecule has 0 aliphatic rings. The van der Waals surface area contributed by atoms with Crippen molar-refractivity contribution in [3.63, 3.8) is 0 Å². The Hall–Kier alpha value is -1.14. The van der Waals surface area contributed by atoms with Gasteiger partial charge in [-0.15, -0.1) is 0 Å². The standard InChI is InChI=1S/C13H20BrN5/c1-4-5-15-8-12-16-6-7-19(12)9-11-13(14)10(2)17-18(11)3/h6-7,15H,4-5,8-9H2,1-3H3. The van der Waals surface area contributed by atoms with E-state index in [2.05, 4.69) is 42.8 Å². The molecule has 0 aliphatic heterocycles. The van der Waals surface area contributed by atoms with Crippen molar-refractivity contribution in [2.45, 2.75) is 33.4 Å². The minimum absolute atomic E-state index is 0.779. The van der Waals surface area contributed by atoms with Gasteiger partial charge in [0.15, 0.2) is 0 Å². The summed E-state index contributed by atoms with van der Waals surface area (Å²) in [4.78, 5) is 4.41. The number of rotatable bonds is 6. The fourth-order valence-electron chi connectivity index (χ4n) is 2.04. The van der Waals surface area contributed by atoms with Crippen molar-refractivity contribution in [3.8, 4) is 0 Å². The summed E-state index contributed by atoms with van der Waals surface area (Å²) in [6.45, 7) is 6.76. The number of imidazole rings is 1. The molecule has 104 valence electrons. The molecule has 1 N–H and O–H groups in total. The molecule has 0 aromatic carbocycles. The second kappa shape index (κ2) is 6.34. The molecule has 19 heavy (non-hydrogen) atoms. The maximum absolute atomic E-state index is 4.42. The van der Waals surface area contributed by atoms with Gasteiger partial charge in [0.25, 0.3) is 0 Å². The molecule has 0 aliphatic carbocycles. The minimum Gasteiger partial charge on any atom is -0.328 e. The zero-order valence-electron chi connectivity index (χ0n) is 11.6. The van der Waals surface area contributed by atoms with E-state index in [1.807, 2.05) is 31.0 Å². The van der Waals surface area contributed by atoms with Gasteiger partial charge < -0.3 is 9.88 Å². The molecular formula is C13H20BrN5. The Morgan fingerprint density at radius 3 is 2.84 bits per heavy atom. The number of hydrogen-bond acceptors (Lipinski definition) is 3. The monoisotopic (exact) mass is 325 g/mol. The van der Waals surface area contributed by atoms with E-state index in [1.165, 1.54) is 0 Å². The van der Waals surface area contributed by atoms with Gasteiger partial charge in [-0.25, -0.2) is 4.98 Å². The van der Waals surface area contributed by atoms with Gasteiger partial charge in [-0.05, 0) is 35.8 Å². The third-order valence-corrected chi connectivity index (χ3v) is 4.12. The lowest BCUT2D eigenvalue weighted by Gasteiger charge is -2.09. The largest absolute Gasteiger partial charge is 0.328 e. The highest BCUT2D eigenvalue weighted by Gasteiger charge is 2.12. The highest BCUT2D eigenvalue weighted by molar-refractivity contribution is 9.10. The molecule has 2 heterocycles. The van der Waals surface area contributed by atoms with Gasteiger partial charge >= 0.3 is 0 Å². The summed E-state index contributed by atoms with van der Waals surface area (Å²) < 4.78 is 5.16. The molecule has 5 nitrogen and oxygen atoms in total. The first-order chi connectivity index (χ1) is 9.13. The highest BCUT2D eigenvalue weighted by Crippen LogP contribution is 2.21. The summed E-state index contributed by atoms with van der Waals surface area (Å²) in [6.07, 6.45) is 4.99. The van der Waals surface area contributed by atoms with Crippen LogP contribution in [0.5, 0.6) is 0 Å². The van der Waals surface area contributed by atoms with Crippen LogP contribution in [-0.4, -0.2) is 25.9 Å². The van der Waals surface area contributed by atoms with Gasteiger partial charge in [-0.2, -0.15) is 5.10 Å². The van der Waals surface area contributed by atoms with Gasteiger partial charge in [0.05, 0.1) is 29.0 Å². The third-order valence-electron chi connectivity index (χ3n) is 3.09. The van der Waals surface area contributed by atoms with E-state index in [-0.39, 0.29) is 0 Å². The fraction of sp³-hybridized carbons (Fsp3) is 0.538. The van der Waals surface area contributed by atoms with E-state index in [0.717, 1.165) is 47.7 Å². The van der Waals surface area contributed by atoms with Gasteiger partial charge in [0, 0.05) is 19.4 Å². The second-order valence-electron chi connectivity index (χ2n) is 4.62. The Kier molecular flexibility index (Phi) is 4.76. The van der Waals surface area contributed by atoms with Crippen molar-refractivity contribution in [3.05, 3.63) is 34.1 Å². The molecule has 0 atom stereocenters. The highest BCUT2D eigenvalue weighted by atomic mass is 79.9. The molecule has 0 bridgehead atoms. The summed E-state index contributed by atoms with van der Waals surface area (Å²) in [7, 11) is 1.97. The minimum atomic E-state index is 0.779. The molecule has 0 amide bonds. The number of aromatic nitrogens is 4. The van der Waals surface area contributed by atoms with Crippen LogP contribution in [0, 0.1) is 6.92 Å². The molecule has 0 saturated carbocycles. The van der Waals surface area contributed by atoms with Crippen molar-refractivity contribution in [1.29, 1.82) is 0 Å².